The van der Waals surface area contributed by atoms with Gasteiger partial charge in [-0.15, -0.1) is 0 Å². The molecule has 1 atom stereocenters. The predicted octanol–water partition coefficient (Wildman–Crippen LogP) is 5.67. The van der Waals surface area contributed by atoms with Crippen LogP contribution in [0.4, 0.5) is 23.0 Å². The van der Waals surface area contributed by atoms with Gasteiger partial charge in [-0.05, 0) is 54.8 Å². The number of rotatable bonds is 12. The van der Waals surface area contributed by atoms with Gasteiger partial charge in [-0.3, -0.25) is 4.48 Å². The molecule has 5 rings (SSSR count). The van der Waals surface area contributed by atoms with E-state index >= 15 is 0 Å². The lowest BCUT2D eigenvalue weighted by Crippen LogP contribution is -2.57. The third-order valence-electron chi connectivity index (χ3n) is 8.69. The van der Waals surface area contributed by atoms with Gasteiger partial charge in [0, 0.05) is 24.8 Å². The maximum atomic E-state index is 11.5. The Morgan fingerprint density at radius 2 is 1.96 bits per heavy atom. The maximum absolute atomic E-state index is 11.5. The van der Waals surface area contributed by atoms with Crippen molar-refractivity contribution in [3.05, 3.63) is 66.9 Å². The number of hydrogen-bond acceptors (Lipinski definition) is 10. The van der Waals surface area contributed by atoms with Gasteiger partial charge in [0.15, 0.2) is 0 Å². The fourth-order valence-corrected chi connectivity index (χ4v) is 5.76. The Balaban J connectivity index is 1.44. The van der Waals surface area contributed by atoms with Crippen molar-refractivity contribution >= 4 is 46.9 Å². The summed E-state index contributed by atoms with van der Waals surface area (Å²) in [6.07, 6.45) is 8.57. The molecule has 0 saturated carbocycles. The minimum atomic E-state index is -0.359. The first-order valence-electron chi connectivity index (χ1n) is 15.4. The number of benzene rings is 1. The van der Waals surface area contributed by atoms with Crippen molar-refractivity contribution < 1.29 is 14.3 Å². The number of hydrogen-bond donors (Lipinski definition) is 2. The molecule has 4 heterocycles. The van der Waals surface area contributed by atoms with Gasteiger partial charge < -0.3 is 29.7 Å². The molecule has 4 aromatic rings. The SMILES string of the molecule is C=CN(B(C)C=O)c1cnc(Oc2ccc(Nc3ncnc4cnc([N+]5(C)CCNCC5)c(OC)c34)cc2C)cc1C(C)CC. The predicted molar refractivity (Wildman–Crippen MR) is 183 cm³/mol. The van der Waals surface area contributed by atoms with Crippen LogP contribution in [-0.2, 0) is 4.79 Å². The van der Waals surface area contributed by atoms with E-state index in [9.17, 15) is 4.79 Å². The number of piperazine rings is 1. The zero-order chi connectivity index (χ0) is 32.1. The molecule has 0 radical (unpaired) electrons. The monoisotopic (exact) mass is 609 g/mol. The van der Waals surface area contributed by atoms with Crippen molar-refractivity contribution in [3.63, 3.8) is 0 Å². The van der Waals surface area contributed by atoms with Gasteiger partial charge in [-0.25, -0.2) is 15.0 Å². The molecule has 234 valence electrons. The van der Waals surface area contributed by atoms with Crippen LogP contribution in [0.5, 0.6) is 17.4 Å². The first kappa shape index (κ1) is 31.9. The molecule has 3 aromatic heterocycles. The van der Waals surface area contributed by atoms with Gasteiger partial charge in [0.1, 0.15) is 24.1 Å². The van der Waals surface area contributed by atoms with Gasteiger partial charge in [-0.2, -0.15) is 4.98 Å². The summed E-state index contributed by atoms with van der Waals surface area (Å²) in [6, 6.07) is 7.83. The summed E-state index contributed by atoms with van der Waals surface area (Å²) in [5, 5.41) is 7.70. The maximum Gasteiger partial charge on any atom is 0.329 e. The molecule has 1 fully saturated rings. The first-order chi connectivity index (χ1) is 21.7. The number of pyridine rings is 2. The second-order valence-electron chi connectivity index (χ2n) is 11.8. The molecule has 1 aliphatic rings. The van der Waals surface area contributed by atoms with Gasteiger partial charge in [0.2, 0.25) is 11.6 Å². The smallest absolute Gasteiger partial charge is 0.329 e. The quantitative estimate of drug-likeness (QED) is 0.118. The highest BCUT2D eigenvalue weighted by Gasteiger charge is 2.34. The number of nitrogens with zero attached hydrogens (tertiary/aromatic N) is 6. The molecule has 1 saturated heterocycles. The molecule has 12 heteroatoms. The van der Waals surface area contributed by atoms with Gasteiger partial charge in [-0.1, -0.05) is 27.2 Å². The fourth-order valence-electron chi connectivity index (χ4n) is 5.76. The van der Waals surface area contributed by atoms with Crippen molar-refractivity contribution in [2.75, 3.05) is 50.5 Å². The minimum Gasteiger partial charge on any atom is -0.489 e. The molecule has 0 spiro atoms. The Bertz CT molecular complexity index is 1690. The molecule has 1 aromatic carbocycles. The Labute approximate surface area is 265 Å². The Morgan fingerprint density at radius 1 is 1.18 bits per heavy atom. The van der Waals surface area contributed by atoms with E-state index < -0.39 is 0 Å². The molecular weight excluding hydrogens is 567 g/mol. The van der Waals surface area contributed by atoms with E-state index in [4.69, 9.17) is 14.5 Å². The third-order valence-corrected chi connectivity index (χ3v) is 8.69. The summed E-state index contributed by atoms with van der Waals surface area (Å²) < 4.78 is 12.9. The van der Waals surface area contributed by atoms with Crippen LogP contribution in [0.1, 0.15) is 37.3 Å². The molecule has 0 bridgehead atoms. The lowest BCUT2D eigenvalue weighted by molar-refractivity contribution is 0.271. The number of quaternary nitrogens is 1. The second kappa shape index (κ2) is 13.6. The summed E-state index contributed by atoms with van der Waals surface area (Å²) in [6.45, 7) is 15.3. The number of anilines is 3. The standard InChI is InChI=1S/C33H42BN8O3/c1-8-22(3)25-17-29(36-19-27(25)41(9-2)34(5)20-43)45-28-11-10-24(16-23(28)4)40-32-30-26(38-21-39-32)18-37-33(31(30)44-7)42(6)14-12-35-13-15-42/h9-11,16-22,35H,2,8,12-15H2,1,3-7H3,(H,38,39,40)/q+1. The van der Waals surface area contributed by atoms with E-state index in [2.05, 4.69) is 53.1 Å². The second-order valence-corrected chi connectivity index (χ2v) is 11.8. The van der Waals surface area contributed by atoms with Gasteiger partial charge >= 0.3 is 6.85 Å². The summed E-state index contributed by atoms with van der Waals surface area (Å²) in [7, 11) is 3.86. The number of methoxy groups -OCH3 is 1. The van der Waals surface area contributed by atoms with E-state index in [-0.39, 0.29) is 12.8 Å². The van der Waals surface area contributed by atoms with E-state index in [0.717, 1.165) is 72.5 Å². The topological polar surface area (TPSA) is 114 Å². The summed E-state index contributed by atoms with van der Waals surface area (Å²) in [5.41, 5.74) is 4.36. The molecule has 1 aliphatic heterocycles. The van der Waals surface area contributed by atoms with E-state index in [0.29, 0.717) is 33.2 Å². The summed E-state index contributed by atoms with van der Waals surface area (Å²) in [4.78, 5) is 31.9. The van der Waals surface area contributed by atoms with Crippen LogP contribution in [0, 0.1) is 6.92 Å². The number of carbonyl (C=O) groups excluding carboxylic acids is 1. The van der Waals surface area contributed by atoms with Gasteiger partial charge in [0.05, 0.1) is 56.2 Å². The normalized spacial score (nSPS) is 14.8. The highest BCUT2D eigenvalue weighted by atomic mass is 16.5. The number of carbonyl (C=O) groups is 1. The van der Waals surface area contributed by atoms with Crippen molar-refractivity contribution in [2.24, 2.45) is 0 Å². The fraction of sp³-hybridized carbons (Fsp3) is 0.364. The third kappa shape index (κ3) is 6.48. The first-order valence-corrected chi connectivity index (χ1v) is 15.4. The van der Waals surface area contributed by atoms with Crippen molar-refractivity contribution in [1.82, 2.24) is 29.7 Å². The van der Waals surface area contributed by atoms with Crippen LogP contribution < -0.4 is 29.4 Å². The van der Waals surface area contributed by atoms with Gasteiger partial charge in [0.25, 0.3) is 5.82 Å². The Hall–Kier alpha value is -4.55. The molecule has 0 aliphatic carbocycles. The zero-order valence-corrected chi connectivity index (χ0v) is 27.0. The van der Waals surface area contributed by atoms with Crippen molar-refractivity contribution in [1.29, 1.82) is 0 Å². The van der Waals surface area contributed by atoms with Crippen molar-refractivity contribution in [2.45, 2.75) is 39.9 Å². The zero-order valence-electron chi connectivity index (χ0n) is 27.0. The number of ether oxygens (including phenoxy) is 2. The van der Waals surface area contributed by atoms with Crippen LogP contribution >= 0.6 is 0 Å². The number of fused-ring (bicyclic) bond motifs is 1. The average molecular weight is 610 g/mol. The van der Waals surface area contributed by atoms with Crippen LogP contribution in [0.25, 0.3) is 10.9 Å². The number of likely N-dealkylation sites (N-methyl/N-ethyl adjacent to an activating group) is 1. The molecular formula is C33H42BN8O3+. The lowest BCUT2D eigenvalue weighted by atomic mass is 9.65. The molecule has 2 N–H and O–H groups in total. The van der Waals surface area contributed by atoms with Crippen LogP contribution in [-0.4, -0.2) is 73.3 Å². The Morgan fingerprint density at radius 3 is 2.62 bits per heavy atom. The number of aromatic nitrogens is 4. The van der Waals surface area contributed by atoms with Crippen molar-refractivity contribution in [3.8, 4) is 17.4 Å². The minimum absolute atomic E-state index is 0.228. The van der Waals surface area contributed by atoms with Crippen LogP contribution in [0.3, 0.4) is 0 Å². The van der Waals surface area contributed by atoms with E-state index in [1.165, 1.54) is 6.33 Å². The van der Waals surface area contributed by atoms with E-state index in [1.54, 1.807) is 25.7 Å². The summed E-state index contributed by atoms with van der Waals surface area (Å²) in [5.74, 6) is 3.59. The van der Waals surface area contributed by atoms with E-state index in [1.807, 2.05) is 42.8 Å². The Kier molecular flexibility index (Phi) is 9.64. The van der Waals surface area contributed by atoms with Crippen LogP contribution in [0.2, 0.25) is 6.82 Å². The van der Waals surface area contributed by atoms with Crippen LogP contribution in [0.15, 0.2) is 55.8 Å². The highest BCUT2D eigenvalue weighted by Crippen LogP contribution is 2.40. The average Bonchev–Trinajstić information content (AvgIpc) is 3.06. The number of aryl methyl sites for hydroxylation is 1. The molecule has 11 nitrogen and oxygen atoms in total. The lowest BCUT2D eigenvalue weighted by Gasteiger charge is -2.37. The molecule has 1 unspecified atom stereocenters. The summed E-state index contributed by atoms with van der Waals surface area (Å²) >= 11 is 0. The highest BCUT2D eigenvalue weighted by molar-refractivity contribution is 6.86. The molecule has 0 amide bonds. The number of nitrogens with one attached hydrogen (secondary N) is 2. The molecule has 45 heavy (non-hydrogen) atoms. The largest absolute Gasteiger partial charge is 0.489 e.